The molecule has 2 rings (SSSR count). The van der Waals surface area contributed by atoms with Gasteiger partial charge in [-0.15, -0.1) is 0 Å². The smallest absolute Gasteiger partial charge is 0.340 e. The lowest BCUT2D eigenvalue weighted by Crippen LogP contribution is -2.12. The average molecular weight is 288 g/mol. The fourth-order valence-electron chi connectivity index (χ4n) is 2.07. The largest absolute Gasteiger partial charge is 0.462 e. The van der Waals surface area contributed by atoms with Gasteiger partial charge in [-0.25, -0.2) is 14.5 Å². The number of anilines is 1. The fraction of sp³-hybridized carbons (Fsp3) is 0.400. The van der Waals surface area contributed by atoms with Gasteiger partial charge in [0.1, 0.15) is 5.82 Å². The molecule has 0 amide bonds. The van der Waals surface area contributed by atoms with E-state index >= 15 is 0 Å². The number of rotatable bonds is 5. The highest BCUT2D eigenvalue weighted by Crippen LogP contribution is 2.20. The topological polar surface area (TPSA) is 83.0 Å². The summed E-state index contributed by atoms with van der Waals surface area (Å²) in [6.07, 6.45) is 1.46. The number of ether oxygens (including phenoxy) is 1. The van der Waals surface area contributed by atoms with Crippen LogP contribution in [0.5, 0.6) is 0 Å². The van der Waals surface area contributed by atoms with E-state index < -0.39 is 5.97 Å². The number of esters is 1. The zero-order valence-corrected chi connectivity index (χ0v) is 12.6. The van der Waals surface area contributed by atoms with E-state index in [9.17, 15) is 4.79 Å². The monoisotopic (exact) mass is 288 g/mol. The molecule has 2 N–H and O–H groups in total. The molecular formula is C15H20N4O2. The molecule has 6 nitrogen and oxygen atoms in total. The average Bonchev–Trinajstić information content (AvgIpc) is 2.90. The molecule has 112 valence electrons. The number of aromatic nitrogens is 3. The molecule has 2 aromatic rings. The van der Waals surface area contributed by atoms with Gasteiger partial charge in [-0.1, -0.05) is 13.8 Å². The first-order valence-electron chi connectivity index (χ1n) is 7.12. The number of hydrogen-bond acceptors (Lipinski definition) is 5. The van der Waals surface area contributed by atoms with Gasteiger partial charge in [0.25, 0.3) is 0 Å². The zero-order valence-electron chi connectivity index (χ0n) is 12.6. The minimum Gasteiger partial charge on any atom is -0.462 e. The molecule has 0 aliphatic carbocycles. The lowest BCUT2D eigenvalue weighted by molar-refractivity contribution is 0.0526. The third-order valence-corrected chi connectivity index (χ3v) is 3.09. The van der Waals surface area contributed by atoms with Crippen molar-refractivity contribution in [2.24, 2.45) is 0 Å². The summed E-state index contributed by atoms with van der Waals surface area (Å²) in [5, 5.41) is 4.46. The molecular weight excluding hydrogens is 268 g/mol. The molecule has 6 heteroatoms. The molecule has 1 heterocycles. The Hall–Kier alpha value is -2.37. The molecule has 0 unspecified atom stereocenters. The Labute approximate surface area is 123 Å². The van der Waals surface area contributed by atoms with Crippen LogP contribution in [0.25, 0.3) is 5.69 Å². The first kappa shape index (κ1) is 15.0. The number of nitrogens with two attached hydrogens (primary N) is 1. The maximum atomic E-state index is 12.1. The summed E-state index contributed by atoms with van der Waals surface area (Å²) in [7, 11) is 0. The van der Waals surface area contributed by atoms with E-state index in [4.69, 9.17) is 10.5 Å². The molecule has 0 aliphatic heterocycles. The van der Waals surface area contributed by atoms with Crippen molar-refractivity contribution < 1.29 is 9.53 Å². The van der Waals surface area contributed by atoms with Crippen LogP contribution >= 0.6 is 0 Å². The highest BCUT2D eigenvalue weighted by atomic mass is 16.5. The highest BCUT2D eigenvalue weighted by molar-refractivity contribution is 5.94. The summed E-state index contributed by atoms with van der Waals surface area (Å²) in [5.74, 6) is 1.15. The van der Waals surface area contributed by atoms with Crippen molar-refractivity contribution >= 4 is 11.7 Å². The van der Waals surface area contributed by atoms with Crippen molar-refractivity contribution in [2.75, 3.05) is 12.3 Å². The molecule has 0 atom stereocenters. The summed E-state index contributed by atoms with van der Waals surface area (Å²) in [6.45, 7) is 6.08. The maximum absolute atomic E-state index is 12.1. The number of nitrogen functional groups attached to an aromatic ring is 1. The molecule has 21 heavy (non-hydrogen) atoms. The van der Waals surface area contributed by atoms with Crippen LogP contribution in [-0.2, 0) is 17.6 Å². The van der Waals surface area contributed by atoms with Gasteiger partial charge in [0, 0.05) is 18.5 Å². The number of hydrogen-bond donors (Lipinski definition) is 1. The van der Waals surface area contributed by atoms with E-state index in [1.807, 2.05) is 13.8 Å². The van der Waals surface area contributed by atoms with E-state index in [1.54, 1.807) is 29.8 Å². The first-order chi connectivity index (χ1) is 10.1. The second-order valence-electron chi connectivity index (χ2n) is 4.56. The third-order valence-electron chi connectivity index (χ3n) is 3.09. The molecule has 0 fully saturated rings. The lowest BCUT2D eigenvalue weighted by atomic mass is 10.1. The van der Waals surface area contributed by atoms with Crippen molar-refractivity contribution in [1.29, 1.82) is 0 Å². The molecule has 0 spiro atoms. The number of nitrogens with zero attached hydrogens (tertiary/aromatic N) is 3. The van der Waals surface area contributed by atoms with Gasteiger partial charge in [-0.3, -0.25) is 0 Å². The van der Waals surface area contributed by atoms with Crippen LogP contribution in [0.2, 0.25) is 0 Å². The van der Waals surface area contributed by atoms with Crippen molar-refractivity contribution in [3.8, 4) is 5.69 Å². The van der Waals surface area contributed by atoms with Crippen LogP contribution in [0.1, 0.15) is 42.8 Å². The zero-order chi connectivity index (χ0) is 15.4. The number of benzene rings is 1. The van der Waals surface area contributed by atoms with Gasteiger partial charge in [0.2, 0.25) is 0 Å². The van der Waals surface area contributed by atoms with Gasteiger partial charge < -0.3 is 10.5 Å². The van der Waals surface area contributed by atoms with E-state index in [0.717, 1.165) is 24.5 Å². The highest BCUT2D eigenvalue weighted by Gasteiger charge is 2.18. The van der Waals surface area contributed by atoms with Crippen LogP contribution in [0, 0.1) is 0 Å². The van der Waals surface area contributed by atoms with E-state index in [2.05, 4.69) is 10.1 Å². The predicted octanol–water partition coefficient (Wildman–Crippen LogP) is 2.15. The van der Waals surface area contributed by atoms with Crippen LogP contribution in [0.15, 0.2) is 18.2 Å². The molecule has 0 saturated carbocycles. The molecule has 0 bridgehead atoms. The Bertz CT molecular complexity index is 649. The second-order valence-corrected chi connectivity index (χ2v) is 4.56. The lowest BCUT2D eigenvalue weighted by Gasteiger charge is -2.11. The first-order valence-corrected chi connectivity index (χ1v) is 7.12. The van der Waals surface area contributed by atoms with Crippen LogP contribution in [0.3, 0.4) is 0 Å². The van der Waals surface area contributed by atoms with Gasteiger partial charge in [0.15, 0.2) is 5.82 Å². The number of aryl methyl sites for hydroxylation is 2. The van der Waals surface area contributed by atoms with Crippen LogP contribution < -0.4 is 5.73 Å². The minimum absolute atomic E-state index is 0.311. The minimum atomic E-state index is -0.407. The molecule has 0 saturated heterocycles. The van der Waals surface area contributed by atoms with Crippen molar-refractivity contribution in [3.05, 3.63) is 35.4 Å². The number of carbonyl (C=O) groups is 1. The predicted molar refractivity (Wildman–Crippen MR) is 80.5 cm³/mol. The van der Waals surface area contributed by atoms with E-state index in [0.29, 0.717) is 23.5 Å². The molecule has 1 aromatic carbocycles. The Kier molecular flexibility index (Phi) is 4.57. The Balaban J connectivity index is 2.57. The van der Waals surface area contributed by atoms with Gasteiger partial charge in [0.05, 0.1) is 17.9 Å². The van der Waals surface area contributed by atoms with E-state index in [-0.39, 0.29) is 0 Å². The normalized spacial score (nSPS) is 10.6. The molecule has 1 aromatic heterocycles. The van der Waals surface area contributed by atoms with Crippen LogP contribution in [-0.4, -0.2) is 27.3 Å². The molecule has 0 aliphatic rings. The quantitative estimate of drug-likeness (QED) is 0.673. The standard InChI is InChI=1S/C15H20N4O2/c1-4-13-17-14(5-2)19(18-13)12-8-7-10(16)9-11(12)15(20)21-6-3/h7-9H,4-6,16H2,1-3H3. The molecule has 0 radical (unpaired) electrons. The van der Waals surface area contributed by atoms with E-state index in [1.165, 1.54) is 0 Å². The van der Waals surface area contributed by atoms with Gasteiger partial charge >= 0.3 is 5.97 Å². The number of carbonyl (C=O) groups excluding carboxylic acids is 1. The third kappa shape index (κ3) is 3.04. The SMILES string of the molecule is CCOC(=O)c1cc(N)ccc1-n1nc(CC)nc1CC. The summed E-state index contributed by atoms with van der Waals surface area (Å²) in [6, 6.07) is 5.12. The van der Waals surface area contributed by atoms with Crippen molar-refractivity contribution in [3.63, 3.8) is 0 Å². The summed E-state index contributed by atoms with van der Waals surface area (Å²) in [4.78, 5) is 16.6. The van der Waals surface area contributed by atoms with Gasteiger partial charge in [-0.2, -0.15) is 5.10 Å². The maximum Gasteiger partial charge on any atom is 0.340 e. The Morgan fingerprint density at radius 2 is 2.05 bits per heavy atom. The Morgan fingerprint density at radius 3 is 2.67 bits per heavy atom. The summed E-state index contributed by atoms with van der Waals surface area (Å²) >= 11 is 0. The van der Waals surface area contributed by atoms with Gasteiger partial charge in [-0.05, 0) is 25.1 Å². The van der Waals surface area contributed by atoms with Crippen molar-refractivity contribution in [2.45, 2.75) is 33.6 Å². The fourth-order valence-corrected chi connectivity index (χ4v) is 2.07. The summed E-state index contributed by atoms with van der Waals surface area (Å²) < 4.78 is 6.79. The summed E-state index contributed by atoms with van der Waals surface area (Å²) in [5.41, 5.74) is 7.35. The Morgan fingerprint density at radius 1 is 1.29 bits per heavy atom. The second kappa shape index (κ2) is 6.39. The van der Waals surface area contributed by atoms with Crippen LogP contribution in [0.4, 0.5) is 5.69 Å². The van der Waals surface area contributed by atoms with Crippen molar-refractivity contribution in [1.82, 2.24) is 14.8 Å².